The summed E-state index contributed by atoms with van der Waals surface area (Å²) in [5.74, 6) is 0. The summed E-state index contributed by atoms with van der Waals surface area (Å²) in [7, 11) is -4.39. The fourth-order valence-corrected chi connectivity index (χ4v) is 4.37. The van der Waals surface area contributed by atoms with Gasteiger partial charge in [0.05, 0.1) is 10.5 Å². The second-order valence-electron chi connectivity index (χ2n) is 6.28. The van der Waals surface area contributed by atoms with Gasteiger partial charge in [-0.05, 0) is 46.5 Å². The predicted molar refractivity (Wildman–Crippen MR) is 106 cm³/mol. The molecule has 4 rings (SSSR count). The van der Waals surface area contributed by atoms with Crippen LogP contribution in [0.25, 0.3) is 21.5 Å². The maximum Gasteiger partial charge on any atom is 0.356 e. The van der Waals surface area contributed by atoms with Gasteiger partial charge in [0.1, 0.15) is 4.90 Å². The third-order valence-electron chi connectivity index (χ3n) is 4.47. The number of benzene rings is 4. The number of rotatable bonds is 5. The third-order valence-corrected chi connectivity index (χ3v) is 5.80. The minimum Gasteiger partial charge on any atom is -0.261 e. The maximum atomic E-state index is 12.9. The van der Waals surface area contributed by atoms with Gasteiger partial charge in [0.2, 0.25) is 0 Å². The molecule has 0 spiro atoms. The van der Waals surface area contributed by atoms with E-state index in [9.17, 15) is 18.5 Å². The molecule has 0 saturated heterocycles. The van der Waals surface area contributed by atoms with Crippen LogP contribution in [0, 0.1) is 10.1 Å². The van der Waals surface area contributed by atoms with Gasteiger partial charge in [0.15, 0.2) is 0 Å². The zero-order chi connectivity index (χ0) is 19.7. The molecule has 140 valence electrons. The topological polar surface area (TPSA) is 86.5 Å². The molecule has 1 unspecified atom stereocenters. The van der Waals surface area contributed by atoms with Crippen molar-refractivity contribution in [2.45, 2.75) is 11.1 Å². The Labute approximate surface area is 161 Å². The van der Waals surface area contributed by atoms with Crippen molar-refractivity contribution in [2.75, 3.05) is 0 Å². The first-order chi connectivity index (χ1) is 13.5. The highest BCUT2D eigenvalue weighted by Gasteiger charge is 2.32. The molecule has 0 saturated carbocycles. The standard InChI is InChI=1S/C21H15NO5S/c23-22(24)21(15-7-2-1-3-8-15)27-28(25,26)20-12-6-11-18-13-16-9-4-5-10-17(16)14-19(18)20/h1-14,21H. The Kier molecular flexibility index (Phi) is 4.54. The Bertz CT molecular complexity index is 1290. The normalized spacial score (nSPS) is 12.9. The van der Waals surface area contributed by atoms with Crippen LogP contribution in [0.4, 0.5) is 0 Å². The first-order valence-electron chi connectivity index (χ1n) is 8.49. The Balaban J connectivity index is 1.83. The van der Waals surface area contributed by atoms with E-state index in [1.165, 1.54) is 18.2 Å². The Morgan fingerprint density at radius 2 is 1.39 bits per heavy atom. The van der Waals surface area contributed by atoms with Crippen molar-refractivity contribution >= 4 is 31.7 Å². The van der Waals surface area contributed by atoms with E-state index in [2.05, 4.69) is 0 Å². The minimum absolute atomic E-state index is 0.0986. The summed E-state index contributed by atoms with van der Waals surface area (Å²) in [4.78, 5) is 10.6. The lowest BCUT2D eigenvalue weighted by Gasteiger charge is -2.13. The molecule has 0 fully saturated rings. The van der Waals surface area contributed by atoms with Crippen molar-refractivity contribution in [2.24, 2.45) is 0 Å². The van der Waals surface area contributed by atoms with Gasteiger partial charge in [-0.15, -0.1) is 0 Å². The highest BCUT2D eigenvalue weighted by atomic mass is 32.2. The second kappa shape index (κ2) is 7.03. The quantitative estimate of drug-likeness (QED) is 0.162. The van der Waals surface area contributed by atoms with Crippen molar-refractivity contribution < 1.29 is 17.5 Å². The molecular formula is C21H15NO5S. The molecule has 28 heavy (non-hydrogen) atoms. The van der Waals surface area contributed by atoms with Gasteiger partial charge in [-0.25, -0.2) is 0 Å². The maximum absolute atomic E-state index is 12.9. The smallest absolute Gasteiger partial charge is 0.261 e. The molecular weight excluding hydrogens is 378 g/mol. The van der Waals surface area contributed by atoms with E-state index in [-0.39, 0.29) is 10.5 Å². The van der Waals surface area contributed by atoms with Gasteiger partial charge in [0.25, 0.3) is 0 Å². The van der Waals surface area contributed by atoms with E-state index in [0.717, 1.165) is 10.8 Å². The highest BCUT2D eigenvalue weighted by molar-refractivity contribution is 7.87. The first kappa shape index (κ1) is 18.1. The monoisotopic (exact) mass is 393 g/mol. The van der Waals surface area contributed by atoms with E-state index in [0.29, 0.717) is 10.8 Å². The van der Waals surface area contributed by atoms with Crippen molar-refractivity contribution in [1.29, 1.82) is 0 Å². The van der Waals surface area contributed by atoms with E-state index in [1.807, 2.05) is 30.3 Å². The van der Waals surface area contributed by atoms with Crippen LogP contribution >= 0.6 is 0 Å². The largest absolute Gasteiger partial charge is 0.356 e. The number of hydrogen-bond acceptors (Lipinski definition) is 5. The van der Waals surface area contributed by atoms with Gasteiger partial charge in [-0.3, -0.25) is 10.1 Å². The van der Waals surface area contributed by atoms with E-state index in [1.54, 1.807) is 36.4 Å². The molecule has 4 aromatic rings. The Morgan fingerprint density at radius 3 is 2.07 bits per heavy atom. The summed E-state index contributed by atoms with van der Waals surface area (Å²) in [6.07, 6.45) is -1.82. The summed E-state index contributed by atoms with van der Waals surface area (Å²) >= 11 is 0. The lowest BCUT2D eigenvalue weighted by molar-refractivity contribution is -0.570. The fraction of sp³-hybridized carbons (Fsp3) is 0.0476. The van der Waals surface area contributed by atoms with Crippen LogP contribution in [0.15, 0.2) is 89.8 Å². The molecule has 1 atom stereocenters. The summed E-state index contributed by atoms with van der Waals surface area (Å²) in [6, 6.07) is 23.8. The van der Waals surface area contributed by atoms with Crippen LogP contribution in [-0.2, 0) is 14.3 Å². The van der Waals surface area contributed by atoms with Crippen molar-refractivity contribution in [3.8, 4) is 0 Å². The Morgan fingerprint density at radius 1 is 0.786 bits per heavy atom. The average molecular weight is 393 g/mol. The molecule has 0 heterocycles. The average Bonchev–Trinajstić information content (AvgIpc) is 2.70. The number of nitro groups is 1. The Hall–Kier alpha value is -3.29. The van der Waals surface area contributed by atoms with Crippen LogP contribution in [0.5, 0.6) is 0 Å². The van der Waals surface area contributed by atoms with Crippen LogP contribution < -0.4 is 0 Å². The molecule has 0 aliphatic carbocycles. The molecule has 6 nitrogen and oxygen atoms in total. The molecule has 0 bridgehead atoms. The molecule has 0 amide bonds. The lowest BCUT2D eigenvalue weighted by Crippen LogP contribution is -2.19. The predicted octanol–water partition coefficient (Wildman–Crippen LogP) is 4.67. The van der Waals surface area contributed by atoms with Crippen molar-refractivity contribution in [3.63, 3.8) is 0 Å². The van der Waals surface area contributed by atoms with E-state index >= 15 is 0 Å². The molecule has 4 aromatic carbocycles. The summed E-state index contributed by atoms with van der Waals surface area (Å²) in [5.41, 5.74) is 0.154. The van der Waals surface area contributed by atoms with Crippen molar-refractivity contribution in [1.82, 2.24) is 0 Å². The van der Waals surface area contributed by atoms with Crippen molar-refractivity contribution in [3.05, 3.63) is 101 Å². The van der Waals surface area contributed by atoms with E-state index < -0.39 is 21.3 Å². The third kappa shape index (κ3) is 3.33. The fourth-order valence-electron chi connectivity index (χ4n) is 3.16. The zero-order valence-corrected chi connectivity index (χ0v) is 15.4. The van der Waals surface area contributed by atoms with Crippen LogP contribution in [0.2, 0.25) is 0 Å². The van der Waals surface area contributed by atoms with Gasteiger partial charge in [-0.2, -0.15) is 12.6 Å². The van der Waals surface area contributed by atoms with E-state index in [4.69, 9.17) is 4.18 Å². The lowest BCUT2D eigenvalue weighted by atomic mass is 10.0. The molecule has 0 N–H and O–H groups in total. The van der Waals surface area contributed by atoms with Gasteiger partial charge < -0.3 is 0 Å². The number of fused-ring (bicyclic) bond motifs is 2. The number of nitrogens with zero attached hydrogens (tertiary/aromatic N) is 1. The molecule has 0 aliphatic rings. The summed E-state index contributed by atoms with van der Waals surface area (Å²) in [6.45, 7) is 0. The molecule has 0 aliphatic heterocycles. The number of hydrogen-bond donors (Lipinski definition) is 0. The van der Waals surface area contributed by atoms with Gasteiger partial charge in [0, 0.05) is 5.39 Å². The SMILES string of the molecule is O=[N+]([O-])C(OS(=O)(=O)c1cccc2cc3ccccc3cc12)c1ccccc1. The van der Waals surface area contributed by atoms with Gasteiger partial charge in [-0.1, -0.05) is 54.6 Å². The molecule has 0 aromatic heterocycles. The molecule has 7 heteroatoms. The zero-order valence-electron chi connectivity index (χ0n) is 14.6. The first-order valence-corrected chi connectivity index (χ1v) is 9.90. The van der Waals surface area contributed by atoms with Gasteiger partial charge >= 0.3 is 16.3 Å². The van der Waals surface area contributed by atoms with Crippen LogP contribution in [0.1, 0.15) is 11.8 Å². The second-order valence-corrected chi connectivity index (χ2v) is 7.82. The minimum atomic E-state index is -4.39. The van der Waals surface area contributed by atoms with Crippen LogP contribution in [-0.4, -0.2) is 13.3 Å². The van der Waals surface area contributed by atoms with Crippen LogP contribution in [0.3, 0.4) is 0 Å². The molecule has 0 radical (unpaired) electrons. The summed E-state index contributed by atoms with van der Waals surface area (Å²) < 4.78 is 31.0. The summed E-state index contributed by atoms with van der Waals surface area (Å²) in [5, 5.41) is 14.5. The highest BCUT2D eigenvalue weighted by Crippen LogP contribution is 2.31.